The van der Waals surface area contributed by atoms with Gasteiger partial charge in [0.25, 0.3) is 0 Å². The van der Waals surface area contributed by atoms with Gasteiger partial charge in [0, 0.05) is 6.92 Å². The first kappa shape index (κ1) is 11.4. The van der Waals surface area contributed by atoms with Crippen LogP contribution in [0.3, 0.4) is 0 Å². The van der Waals surface area contributed by atoms with E-state index >= 15 is 0 Å². The highest BCUT2D eigenvalue weighted by atomic mass is 16.2. The Hall–Kier alpha value is -1.59. The number of carbonyl (C=O) groups is 2. The fourth-order valence-corrected chi connectivity index (χ4v) is 0.649. The van der Waals surface area contributed by atoms with E-state index in [0.717, 1.165) is 0 Å². The number of amides is 3. The molecule has 0 spiro atoms. The summed E-state index contributed by atoms with van der Waals surface area (Å²) >= 11 is 0. The maximum Gasteiger partial charge on any atom is 0.332 e. The standard InChI is InChI=1S/C7H14N4O2/c1-4(9-6(3)12)5(2)10-11-7(8)13/h4H,1-3H3,(H,9,12)(H3,8,11,13)/b10-5+/t4-/m1/s1. The third kappa shape index (κ3) is 5.66. The van der Waals surface area contributed by atoms with E-state index in [1.165, 1.54) is 6.92 Å². The summed E-state index contributed by atoms with van der Waals surface area (Å²) in [4.78, 5) is 20.9. The molecule has 0 aliphatic carbocycles. The van der Waals surface area contributed by atoms with Crippen LogP contribution in [0.25, 0.3) is 0 Å². The lowest BCUT2D eigenvalue weighted by Gasteiger charge is -2.11. The largest absolute Gasteiger partial charge is 0.350 e. The molecule has 6 heteroatoms. The van der Waals surface area contributed by atoms with Crippen molar-refractivity contribution in [3.8, 4) is 0 Å². The van der Waals surface area contributed by atoms with E-state index in [1.54, 1.807) is 13.8 Å². The molecular formula is C7H14N4O2. The molecule has 6 nitrogen and oxygen atoms in total. The minimum atomic E-state index is -0.727. The van der Waals surface area contributed by atoms with Crippen LogP contribution in [0.15, 0.2) is 5.10 Å². The number of nitrogens with one attached hydrogen (secondary N) is 2. The predicted molar refractivity (Wildman–Crippen MR) is 49.1 cm³/mol. The van der Waals surface area contributed by atoms with Gasteiger partial charge in [-0.25, -0.2) is 10.2 Å². The van der Waals surface area contributed by atoms with Crippen molar-refractivity contribution < 1.29 is 9.59 Å². The average Bonchev–Trinajstić information content (AvgIpc) is 1.98. The van der Waals surface area contributed by atoms with E-state index < -0.39 is 6.03 Å². The average molecular weight is 186 g/mol. The molecule has 13 heavy (non-hydrogen) atoms. The number of hydrogen-bond acceptors (Lipinski definition) is 3. The summed E-state index contributed by atoms with van der Waals surface area (Å²) < 4.78 is 0. The molecule has 0 unspecified atom stereocenters. The quantitative estimate of drug-likeness (QED) is 0.411. The second-order valence-corrected chi connectivity index (χ2v) is 2.65. The predicted octanol–water partition coefficient (Wildman–Crippen LogP) is -0.445. The first-order valence-electron chi connectivity index (χ1n) is 3.80. The van der Waals surface area contributed by atoms with Crippen molar-refractivity contribution in [2.24, 2.45) is 10.8 Å². The van der Waals surface area contributed by atoms with Crippen molar-refractivity contribution in [1.82, 2.24) is 10.7 Å². The Morgan fingerprint density at radius 1 is 1.38 bits per heavy atom. The van der Waals surface area contributed by atoms with Crippen LogP contribution in [-0.4, -0.2) is 23.7 Å². The van der Waals surface area contributed by atoms with Crippen LogP contribution in [0.4, 0.5) is 4.79 Å². The van der Waals surface area contributed by atoms with Crippen molar-refractivity contribution >= 4 is 17.6 Å². The van der Waals surface area contributed by atoms with Crippen molar-refractivity contribution in [2.45, 2.75) is 26.8 Å². The monoisotopic (exact) mass is 186 g/mol. The molecule has 0 saturated carbocycles. The number of rotatable bonds is 3. The second kappa shape index (κ2) is 5.13. The molecule has 0 aromatic heterocycles. The number of nitrogens with two attached hydrogens (primary N) is 1. The number of urea groups is 1. The van der Waals surface area contributed by atoms with Gasteiger partial charge in [0.2, 0.25) is 5.91 Å². The fourth-order valence-electron chi connectivity index (χ4n) is 0.649. The van der Waals surface area contributed by atoms with Crippen LogP contribution in [0, 0.1) is 0 Å². The van der Waals surface area contributed by atoms with Crippen LogP contribution in [-0.2, 0) is 4.79 Å². The smallest absolute Gasteiger partial charge is 0.332 e. The summed E-state index contributed by atoms with van der Waals surface area (Å²) in [5.74, 6) is -0.152. The van der Waals surface area contributed by atoms with E-state index in [-0.39, 0.29) is 11.9 Å². The van der Waals surface area contributed by atoms with Crippen molar-refractivity contribution in [1.29, 1.82) is 0 Å². The molecule has 0 bridgehead atoms. The first-order valence-corrected chi connectivity index (χ1v) is 3.80. The maximum atomic E-state index is 10.6. The summed E-state index contributed by atoms with van der Waals surface area (Å²) in [6.07, 6.45) is 0. The zero-order valence-corrected chi connectivity index (χ0v) is 7.92. The highest BCUT2D eigenvalue weighted by molar-refractivity contribution is 5.91. The molecule has 1 atom stereocenters. The lowest BCUT2D eigenvalue weighted by atomic mass is 10.2. The molecule has 74 valence electrons. The van der Waals surface area contributed by atoms with Crippen LogP contribution in [0.5, 0.6) is 0 Å². The number of hydrogen-bond donors (Lipinski definition) is 3. The van der Waals surface area contributed by atoms with E-state index in [9.17, 15) is 9.59 Å². The summed E-state index contributed by atoms with van der Waals surface area (Å²) in [5.41, 5.74) is 7.45. The molecular weight excluding hydrogens is 172 g/mol. The Bertz CT molecular complexity index is 237. The summed E-state index contributed by atoms with van der Waals surface area (Å²) in [5, 5.41) is 6.26. The van der Waals surface area contributed by atoms with Crippen molar-refractivity contribution in [3.63, 3.8) is 0 Å². The highest BCUT2D eigenvalue weighted by Gasteiger charge is 2.06. The highest BCUT2D eigenvalue weighted by Crippen LogP contribution is 1.86. The molecule has 0 aromatic rings. The van der Waals surface area contributed by atoms with Crippen molar-refractivity contribution in [3.05, 3.63) is 0 Å². The normalized spacial score (nSPS) is 13.3. The van der Waals surface area contributed by atoms with E-state index in [1.807, 2.05) is 0 Å². The number of carbonyl (C=O) groups excluding carboxylic acids is 2. The van der Waals surface area contributed by atoms with Crippen LogP contribution in [0.1, 0.15) is 20.8 Å². The first-order chi connectivity index (χ1) is 5.93. The van der Waals surface area contributed by atoms with Gasteiger partial charge in [-0.05, 0) is 13.8 Å². The zero-order chi connectivity index (χ0) is 10.4. The van der Waals surface area contributed by atoms with Gasteiger partial charge in [-0.15, -0.1) is 0 Å². The van der Waals surface area contributed by atoms with Gasteiger partial charge in [0.05, 0.1) is 11.8 Å². The zero-order valence-electron chi connectivity index (χ0n) is 7.92. The minimum Gasteiger partial charge on any atom is -0.350 e. The lowest BCUT2D eigenvalue weighted by Crippen LogP contribution is -2.37. The summed E-state index contributed by atoms with van der Waals surface area (Å²) in [6, 6.07) is -0.946. The molecule has 0 rings (SSSR count). The Kier molecular flexibility index (Phi) is 4.50. The molecule has 3 amide bonds. The topological polar surface area (TPSA) is 96.6 Å². The van der Waals surface area contributed by atoms with Gasteiger partial charge in [-0.3, -0.25) is 4.79 Å². The summed E-state index contributed by atoms with van der Waals surface area (Å²) in [6.45, 7) is 4.84. The third-order valence-electron chi connectivity index (χ3n) is 1.39. The van der Waals surface area contributed by atoms with Gasteiger partial charge in [-0.2, -0.15) is 5.10 Å². The van der Waals surface area contributed by atoms with Gasteiger partial charge < -0.3 is 11.1 Å². The fraction of sp³-hybridized carbons (Fsp3) is 0.571. The van der Waals surface area contributed by atoms with Crippen molar-refractivity contribution in [2.75, 3.05) is 0 Å². The maximum absolute atomic E-state index is 10.6. The van der Waals surface area contributed by atoms with Crippen LogP contribution in [0.2, 0.25) is 0 Å². The van der Waals surface area contributed by atoms with E-state index in [0.29, 0.717) is 5.71 Å². The molecule has 4 N–H and O–H groups in total. The van der Waals surface area contributed by atoms with Gasteiger partial charge in [0.1, 0.15) is 0 Å². The Labute approximate surface area is 76.6 Å². The molecule has 0 fully saturated rings. The van der Waals surface area contributed by atoms with E-state index in [4.69, 9.17) is 5.73 Å². The molecule has 0 heterocycles. The molecule has 0 aromatic carbocycles. The lowest BCUT2D eigenvalue weighted by molar-refractivity contribution is -0.119. The SMILES string of the molecule is CC(=O)N[C@H](C)/C(C)=N/NC(N)=O. The second-order valence-electron chi connectivity index (χ2n) is 2.65. The number of primary amides is 1. The Balaban J connectivity index is 4.07. The van der Waals surface area contributed by atoms with E-state index in [2.05, 4.69) is 15.8 Å². The van der Waals surface area contributed by atoms with Gasteiger partial charge in [0.15, 0.2) is 0 Å². The Morgan fingerprint density at radius 3 is 2.31 bits per heavy atom. The summed E-state index contributed by atoms with van der Waals surface area (Å²) in [7, 11) is 0. The number of nitrogens with zero attached hydrogens (tertiary/aromatic N) is 1. The number of hydrazone groups is 1. The molecule has 0 aliphatic rings. The minimum absolute atomic E-state index is 0.152. The van der Waals surface area contributed by atoms with Crippen LogP contribution < -0.4 is 16.5 Å². The Morgan fingerprint density at radius 2 is 1.92 bits per heavy atom. The molecule has 0 radical (unpaired) electrons. The third-order valence-corrected chi connectivity index (χ3v) is 1.39. The van der Waals surface area contributed by atoms with Gasteiger partial charge >= 0.3 is 6.03 Å². The van der Waals surface area contributed by atoms with Crippen LogP contribution >= 0.6 is 0 Å². The molecule has 0 saturated heterocycles. The molecule has 0 aliphatic heterocycles. The van der Waals surface area contributed by atoms with Gasteiger partial charge in [-0.1, -0.05) is 0 Å².